The quantitative estimate of drug-likeness (QED) is 0.789. The number of methoxy groups -OCH3 is 1. The van der Waals surface area contributed by atoms with Crippen LogP contribution in [0.4, 0.5) is 0 Å². The second kappa shape index (κ2) is 6.21. The number of fused-ring (bicyclic) bond motifs is 3. The third kappa shape index (κ3) is 2.71. The number of rotatable bonds is 3. The molecule has 2 aliphatic heterocycles. The standard InChI is InChI=1S/C21H25NO2/c1-22-18-4-3-5-19(22)12-17(11-18)21(23)16-7-6-15-13-20(24-2)9-8-14(15)10-16/h6-10,13,17-19H,3-5,11-12H2,1-2H3. The van der Waals surface area contributed by atoms with E-state index in [0.29, 0.717) is 17.9 Å². The van der Waals surface area contributed by atoms with Crippen LogP contribution in [-0.4, -0.2) is 36.9 Å². The number of hydrogen-bond donors (Lipinski definition) is 0. The second-order valence-electron chi connectivity index (χ2n) is 7.36. The highest BCUT2D eigenvalue weighted by molar-refractivity contribution is 6.01. The molecule has 0 N–H and O–H groups in total. The van der Waals surface area contributed by atoms with Crippen molar-refractivity contribution in [1.82, 2.24) is 4.90 Å². The molecule has 0 aliphatic carbocycles. The van der Waals surface area contributed by atoms with Crippen molar-refractivity contribution in [2.24, 2.45) is 5.92 Å². The van der Waals surface area contributed by atoms with Gasteiger partial charge in [0.25, 0.3) is 0 Å². The SMILES string of the molecule is COc1ccc2cc(C(=O)C3CC4CCCC(C3)N4C)ccc2c1. The van der Waals surface area contributed by atoms with Crippen molar-refractivity contribution in [1.29, 1.82) is 0 Å². The van der Waals surface area contributed by atoms with Gasteiger partial charge in [0.2, 0.25) is 0 Å². The Morgan fingerprint density at radius 3 is 2.42 bits per heavy atom. The second-order valence-corrected chi connectivity index (χ2v) is 7.36. The average Bonchev–Trinajstić information content (AvgIpc) is 2.60. The molecule has 2 atom stereocenters. The molecule has 2 bridgehead atoms. The molecule has 0 saturated carbocycles. The summed E-state index contributed by atoms with van der Waals surface area (Å²) in [4.78, 5) is 15.6. The van der Waals surface area contributed by atoms with Crippen LogP contribution >= 0.6 is 0 Å². The maximum Gasteiger partial charge on any atom is 0.166 e. The van der Waals surface area contributed by atoms with Crippen molar-refractivity contribution in [3.63, 3.8) is 0 Å². The van der Waals surface area contributed by atoms with Gasteiger partial charge in [0.1, 0.15) is 5.75 Å². The van der Waals surface area contributed by atoms with Crippen molar-refractivity contribution < 1.29 is 9.53 Å². The number of nitrogens with zero attached hydrogens (tertiary/aromatic N) is 1. The van der Waals surface area contributed by atoms with Crippen LogP contribution in [0, 0.1) is 5.92 Å². The van der Waals surface area contributed by atoms with Gasteiger partial charge in [0.05, 0.1) is 7.11 Å². The van der Waals surface area contributed by atoms with E-state index in [0.717, 1.165) is 34.9 Å². The molecule has 2 saturated heterocycles. The first-order valence-electron chi connectivity index (χ1n) is 8.99. The normalized spacial score (nSPS) is 27.2. The minimum Gasteiger partial charge on any atom is -0.497 e. The molecule has 2 aromatic carbocycles. The van der Waals surface area contributed by atoms with Gasteiger partial charge in [-0.15, -0.1) is 0 Å². The molecule has 24 heavy (non-hydrogen) atoms. The summed E-state index contributed by atoms with van der Waals surface area (Å²) in [5.74, 6) is 1.37. The summed E-state index contributed by atoms with van der Waals surface area (Å²) in [7, 11) is 3.91. The molecule has 2 fully saturated rings. The number of benzene rings is 2. The molecule has 3 heteroatoms. The van der Waals surface area contributed by atoms with Crippen molar-refractivity contribution >= 4 is 16.6 Å². The predicted molar refractivity (Wildman–Crippen MR) is 96.7 cm³/mol. The Morgan fingerprint density at radius 1 is 1.04 bits per heavy atom. The van der Waals surface area contributed by atoms with Gasteiger partial charge in [-0.3, -0.25) is 4.79 Å². The Labute approximate surface area is 143 Å². The minimum atomic E-state index is 0.187. The lowest BCUT2D eigenvalue weighted by Crippen LogP contribution is -2.51. The van der Waals surface area contributed by atoms with Gasteiger partial charge in [0, 0.05) is 23.6 Å². The van der Waals surface area contributed by atoms with Crippen LogP contribution in [0.15, 0.2) is 36.4 Å². The van der Waals surface area contributed by atoms with E-state index in [-0.39, 0.29) is 5.92 Å². The highest BCUT2D eigenvalue weighted by atomic mass is 16.5. The molecule has 126 valence electrons. The van der Waals surface area contributed by atoms with Crippen LogP contribution in [-0.2, 0) is 0 Å². The smallest absolute Gasteiger partial charge is 0.166 e. The molecular formula is C21H25NO2. The maximum absolute atomic E-state index is 13.1. The van der Waals surface area contributed by atoms with Gasteiger partial charge < -0.3 is 9.64 Å². The first kappa shape index (κ1) is 15.6. The minimum absolute atomic E-state index is 0.187. The van der Waals surface area contributed by atoms with Crippen molar-refractivity contribution in [2.45, 2.75) is 44.2 Å². The lowest BCUT2D eigenvalue weighted by molar-refractivity contribution is 0.0338. The Kier molecular flexibility index (Phi) is 4.05. The molecule has 2 aromatic rings. The topological polar surface area (TPSA) is 29.5 Å². The van der Waals surface area contributed by atoms with Crippen LogP contribution in [0.25, 0.3) is 10.8 Å². The Morgan fingerprint density at radius 2 is 1.71 bits per heavy atom. The van der Waals surface area contributed by atoms with E-state index in [1.807, 2.05) is 36.4 Å². The summed E-state index contributed by atoms with van der Waals surface area (Å²) in [5, 5.41) is 2.22. The summed E-state index contributed by atoms with van der Waals surface area (Å²) in [6.45, 7) is 0. The van der Waals surface area contributed by atoms with E-state index in [1.165, 1.54) is 19.3 Å². The Balaban J connectivity index is 1.59. The van der Waals surface area contributed by atoms with Crippen molar-refractivity contribution in [3.8, 4) is 5.75 Å². The molecule has 0 amide bonds. The number of ether oxygens (including phenoxy) is 1. The van der Waals surface area contributed by atoms with Crippen molar-refractivity contribution in [3.05, 3.63) is 42.0 Å². The van der Waals surface area contributed by atoms with E-state index in [2.05, 4.69) is 11.9 Å². The van der Waals surface area contributed by atoms with E-state index in [9.17, 15) is 4.79 Å². The van der Waals surface area contributed by atoms with Crippen LogP contribution in [0.5, 0.6) is 5.75 Å². The zero-order valence-corrected chi connectivity index (χ0v) is 14.5. The fourth-order valence-electron chi connectivity index (χ4n) is 4.57. The first-order chi connectivity index (χ1) is 11.7. The molecule has 0 spiro atoms. The third-order valence-electron chi connectivity index (χ3n) is 6.04. The lowest BCUT2D eigenvalue weighted by Gasteiger charge is -2.46. The average molecular weight is 323 g/mol. The van der Waals surface area contributed by atoms with Crippen LogP contribution in [0.2, 0.25) is 0 Å². The first-order valence-corrected chi connectivity index (χ1v) is 8.99. The van der Waals surface area contributed by atoms with Crippen molar-refractivity contribution in [2.75, 3.05) is 14.2 Å². The van der Waals surface area contributed by atoms with E-state index < -0.39 is 0 Å². The van der Waals surface area contributed by atoms with Gasteiger partial charge in [0.15, 0.2) is 5.78 Å². The summed E-state index contributed by atoms with van der Waals surface area (Å²) in [6, 6.07) is 13.3. The highest BCUT2D eigenvalue weighted by Crippen LogP contribution is 2.37. The Hall–Kier alpha value is -1.87. The van der Waals surface area contributed by atoms with Gasteiger partial charge in [-0.1, -0.05) is 24.6 Å². The summed E-state index contributed by atoms with van der Waals surface area (Å²) in [5.41, 5.74) is 0.861. The molecule has 2 unspecified atom stereocenters. The Bertz CT molecular complexity index is 756. The van der Waals surface area contributed by atoms with Gasteiger partial charge in [-0.2, -0.15) is 0 Å². The van der Waals surface area contributed by atoms with Gasteiger partial charge in [-0.05, 0) is 61.7 Å². The number of Topliss-reactive ketones (excluding diaryl/α,β-unsaturated/α-hetero) is 1. The van der Waals surface area contributed by atoms with E-state index >= 15 is 0 Å². The monoisotopic (exact) mass is 323 g/mol. The zero-order chi connectivity index (χ0) is 16.7. The fourth-order valence-corrected chi connectivity index (χ4v) is 4.57. The number of hydrogen-bond acceptors (Lipinski definition) is 3. The van der Waals surface area contributed by atoms with Crippen LogP contribution in [0.1, 0.15) is 42.5 Å². The molecular weight excluding hydrogens is 298 g/mol. The largest absolute Gasteiger partial charge is 0.497 e. The molecule has 0 radical (unpaired) electrons. The molecule has 2 heterocycles. The van der Waals surface area contributed by atoms with Crippen LogP contribution in [0.3, 0.4) is 0 Å². The number of carbonyl (C=O) groups is 1. The number of ketones is 1. The third-order valence-corrected chi connectivity index (χ3v) is 6.04. The zero-order valence-electron chi connectivity index (χ0n) is 14.5. The van der Waals surface area contributed by atoms with E-state index in [4.69, 9.17) is 4.74 Å². The van der Waals surface area contributed by atoms with Gasteiger partial charge in [-0.25, -0.2) is 0 Å². The predicted octanol–water partition coefficient (Wildman–Crippen LogP) is 4.29. The summed E-state index contributed by atoms with van der Waals surface area (Å²) >= 11 is 0. The summed E-state index contributed by atoms with van der Waals surface area (Å²) in [6.07, 6.45) is 5.85. The van der Waals surface area contributed by atoms with Crippen LogP contribution < -0.4 is 4.74 Å². The summed E-state index contributed by atoms with van der Waals surface area (Å²) < 4.78 is 5.28. The molecule has 0 aromatic heterocycles. The highest BCUT2D eigenvalue weighted by Gasteiger charge is 2.38. The molecule has 3 nitrogen and oxygen atoms in total. The number of piperidine rings is 2. The molecule has 4 rings (SSSR count). The lowest BCUT2D eigenvalue weighted by atomic mass is 9.76. The van der Waals surface area contributed by atoms with Gasteiger partial charge >= 0.3 is 0 Å². The molecule has 2 aliphatic rings. The maximum atomic E-state index is 13.1. The fraction of sp³-hybridized carbons (Fsp3) is 0.476. The van der Waals surface area contributed by atoms with E-state index in [1.54, 1.807) is 7.11 Å². The number of carbonyl (C=O) groups excluding carboxylic acids is 1.